The van der Waals surface area contributed by atoms with Crippen molar-refractivity contribution >= 4 is 0 Å². The molecule has 0 fully saturated rings. The Morgan fingerprint density at radius 2 is 2.08 bits per heavy atom. The molecule has 2 nitrogen and oxygen atoms in total. The van der Waals surface area contributed by atoms with E-state index < -0.39 is 0 Å². The Kier molecular flexibility index (Phi) is 5.98. The van der Waals surface area contributed by atoms with E-state index in [9.17, 15) is 0 Å². The minimum Gasteiger partial charge on any atom is -0.398 e. The lowest BCUT2D eigenvalue weighted by atomic mass is 10.1. The number of rotatable bonds is 4. The molecule has 0 aromatic rings. The van der Waals surface area contributed by atoms with E-state index in [2.05, 4.69) is 0 Å². The maximum atomic E-state index is 8.99. The van der Waals surface area contributed by atoms with Crippen LogP contribution < -0.4 is 5.73 Å². The Labute approximate surface area is 80.5 Å². The van der Waals surface area contributed by atoms with Gasteiger partial charge < -0.3 is 10.8 Å². The molecule has 74 valence electrons. The Bertz CT molecular complexity index is 230. The highest BCUT2D eigenvalue weighted by Gasteiger charge is 2.00. The number of nitrogens with two attached hydrogens (primary N) is 1. The van der Waals surface area contributed by atoms with Gasteiger partial charge in [0.05, 0.1) is 6.61 Å². The van der Waals surface area contributed by atoms with E-state index in [-0.39, 0.29) is 6.61 Å². The quantitative estimate of drug-likeness (QED) is 0.653. The van der Waals surface area contributed by atoms with Gasteiger partial charge in [0.25, 0.3) is 0 Å². The first-order valence-corrected chi connectivity index (χ1v) is 4.55. The van der Waals surface area contributed by atoms with Crippen LogP contribution in [0.25, 0.3) is 0 Å². The molecule has 0 rings (SSSR count). The van der Waals surface area contributed by atoms with Gasteiger partial charge in [-0.15, -0.1) is 0 Å². The normalized spacial score (nSPS) is 14.9. The zero-order chi connectivity index (χ0) is 10.3. The van der Waals surface area contributed by atoms with E-state index in [1.165, 1.54) is 0 Å². The smallest absolute Gasteiger partial charge is 0.0664 e. The molecule has 2 heteroatoms. The van der Waals surface area contributed by atoms with Crippen LogP contribution in [0.2, 0.25) is 0 Å². The lowest BCUT2D eigenvalue weighted by molar-refractivity contribution is 0.326. The molecule has 0 aromatic carbocycles. The first-order valence-electron chi connectivity index (χ1n) is 4.55. The van der Waals surface area contributed by atoms with Crippen LogP contribution in [0.4, 0.5) is 0 Å². The van der Waals surface area contributed by atoms with E-state index >= 15 is 0 Å². The lowest BCUT2D eigenvalue weighted by Crippen LogP contribution is -2.06. The fourth-order valence-corrected chi connectivity index (χ4v) is 0.997. The van der Waals surface area contributed by atoms with Gasteiger partial charge in [-0.3, -0.25) is 0 Å². The van der Waals surface area contributed by atoms with Crippen molar-refractivity contribution in [3.63, 3.8) is 0 Å². The van der Waals surface area contributed by atoms with Gasteiger partial charge in [0.15, 0.2) is 0 Å². The van der Waals surface area contributed by atoms with Gasteiger partial charge in [0.1, 0.15) is 0 Å². The van der Waals surface area contributed by atoms with Crippen LogP contribution in [0.1, 0.15) is 27.2 Å². The first kappa shape index (κ1) is 12.0. The molecule has 0 aliphatic carbocycles. The SMILES string of the molecule is C\C=C/C=C(C)/C(N)=C(\CC)CO. The van der Waals surface area contributed by atoms with E-state index in [1.807, 2.05) is 39.0 Å². The van der Waals surface area contributed by atoms with Crippen LogP contribution in [0.3, 0.4) is 0 Å². The topological polar surface area (TPSA) is 46.2 Å². The van der Waals surface area contributed by atoms with E-state index in [4.69, 9.17) is 10.8 Å². The molecule has 0 aliphatic rings. The van der Waals surface area contributed by atoms with Gasteiger partial charge in [0.2, 0.25) is 0 Å². The standard InChI is InChI=1S/C11H19NO/c1-4-6-7-9(3)11(12)10(5-2)8-13/h4,6-7,13H,5,8,12H2,1-3H3/b6-4-,9-7+,11-10-. The molecule has 0 unspecified atom stereocenters. The first-order chi connectivity index (χ1) is 6.17. The second-order valence-corrected chi connectivity index (χ2v) is 2.90. The van der Waals surface area contributed by atoms with Crippen molar-refractivity contribution in [2.75, 3.05) is 6.61 Å². The maximum Gasteiger partial charge on any atom is 0.0664 e. The summed E-state index contributed by atoms with van der Waals surface area (Å²) in [7, 11) is 0. The molecule has 0 heterocycles. The number of aliphatic hydroxyl groups excluding tert-OH is 1. The molecule has 0 saturated carbocycles. The summed E-state index contributed by atoms with van der Waals surface area (Å²) < 4.78 is 0. The summed E-state index contributed by atoms with van der Waals surface area (Å²) in [6.45, 7) is 5.93. The van der Waals surface area contributed by atoms with Gasteiger partial charge in [-0.2, -0.15) is 0 Å². The van der Waals surface area contributed by atoms with Crippen LogP contribution in [-0.2, 0) is 0 Å². The molecular formula is C11H19NO. The highest BCUT2D eigenvalue weighted by Crippen LogP contribution is 2.11. The molecule has 3 N–H and O–H groups in total. The van der Waals surface area contributed by atoms with E-state index in [1.54, 1.807) is 0 Å². The van der Waals surface area contributed by atoms with Crippen molar-refractivity contribution in [1.82, 2.24) is 0 Å². The molecule has 0 aromatic heterocycles. The highest BCUT2D eigenvalue weighted by molar-refractivity contribution is 5.33. The summed E-state index contributed by atoms with van der Waals surface area (Å²) in [6.07, 6.45) is 6.62. The molecule has 0 atom stereocenters. The lowest BCUT2D eigenvalue weighted by Gasteiger charge is -2.07. The van der Waals surface area contributed by atoms with Crippen LogP contribution in [0, 0.1) is 0 Å². The van der Waals surface area contributed by atoms with Crippen LogP contribution >= 0.6 is 0 Å². The summed E-state index contributed by atoms with van der Waals surface area (Å²) in [5.74, 6) is 0. The average Bonchev–Trinajstić information content (AvgIpc) is 2.15. The zero-order valence-corrected chi connectivity index (χ0v) is 8.67. The number of allylic oxidation sites excluding steroid dienone is 4. The second-order valence-electron chi connectivity index (χ2n) is 2.90. The molecule has 0 saturated heterocycles. The van der Waals surface area contributed by atoms with Crippen LogP contribution in [0.5, 0.6) is 0 Å². The van der Waals surface area contributed by atoms with Gasteiger partial charge in [-0.05, 0) is 31.4 Å². The molecule has 0 bridgehead atoms. The monoisotopic (exact) mass is 181 g/mol. The van der Waals surface area contributed by atoms with Crippen molar-refractivity contribution in [2.24, 2.45) is 5.73 Å². The summed E-state index contributed by atoms with van der Waals surface area (Å²) in [6, 6.07) is 0. The average molecular weight is 181 g/mol. The second kappa shape index (κ2) is 6.49. The zero-order valence-electron chi connectivity index (χ0n) is 8.67. The maximum absolute atomic E-state index is 8.99. The minimum atomic E-state index is 0.0450. The fraction of sp³-hybridized carbons (Fsp3) is 0.455. The molecule has 0 amide bonds. The predicted octanol–water partition coefficient (Wildman–Crippen LogP) is 2.12. The fourth-order valence-electron chi connectivity index (χ4n) is 0.997. The minimum absolute atomic E-state index is 0.0450. The Balaban J connectivity index is 4.73. The summed E-state index contributed by atoms with van der Waals surface area (Å²) >= 11 is 0. The molecule has 0 radical (unpaired) electrons. The molecular weight excluding hydrogens is 162 g/mol. The third kappa shape index (κ3) is 3.95. The Hall–Kier alpha value is -1.02. The van der Waals surface area contributed by atoms with Crippen molar-refractivity contribution in [1.29, 1.82) is 0 Å². The van der Waals surface area contributed by atoms with Crippen molar-refractivity contribution in [3.8, 4) is 0 Å². The van der Waals surface area contributed by atoms with E-state index in [0.717, 1.165) is 17.6 Å². The van der Waals surface area contributed by atoms with Gasteiger partial charge in [-0.25, -0.2) is 0 Å². The Morgan fingerprint density at radius 1 is 1.46 bits per heavy atom. The third-order valence-corrected chi connectivity index (χ3v) is 1.96. The summed E-state index contributed by atoms with van der Waals surface area (Å²) in [5.41, 5.74) is 8.46. The molecule has 13 heavy (non-hydrogen) atoms. The predicted molar refractivity (Wildman–Crippen MR) is 57.2 cm³/mol. The van der Waals surface area contributed by atoms with Crippen molar-refractivity contribution < 1.29 is 5.11 Å². The summed E-state index contributed by atoms with van der Waals surface area (Å²) in [5, 5.41) is 8.99. The largest absolute Gasteiger partial charge is 0.398 e. The van der Waals surface area contributed by atoms with Gasteiger partial charge in [0, 0.05) is 5.70 Å². The van der Waals surface area contributed by atoms with Gasteiger partial charge >= 0.3 is 0 Å². The summed E-state index contributed by atoms with van der Waals surface area (Å²) in [4.78, 5) is 0. The van der Waals surface area contributed by atoms with Gasteiger partial charge in [-0.1, -0.05) is 25.2 Å². The van der Waals surface area contributed by atoms with E-state index in [0.29, 0.717) is 5.70 Å². The van der Waals surface area contributed by atoms with Crippen molar-refractivity contribution in [2.45, 2.75) is 27.2 Å². The number of aliphatic hydroxyl groups is 1. The highest BCUT2D eigenvalue weighted by atomic mass is 16.3. The third-order valence-electron chi connectivity index (χ3n) is 1.96. The van der Waals surface area contributed by atoms with Crippen LogP contribution in [-0.4, -0.2) is 11.7 Å². The van der Waals surface area contributed by atoms with Crippen molar-refractivity contribution in [3.05, 3.63) is 35.1 Å². The van der Waals surface area contributed by atoms with Crippen LogP contribution in [0.15, 0.2) is 35.1 Å². The Morgan fingerprint density at radius 3 is 2.46 bits per heavy atom. The number of hydrogen-bond donors (Lipinski definition) is 2. The number of hydrogen-bond acceptors (Lipinski definition) is 2. The molecule has 0 aliphatic heterocycles. The molecule has 0 spiro atoms.